The maximum Gasteiger partial charge on any atom is 0.327 e. The molecule has 0 fully saturated rings. The minimum atomic E-state index is -1.24. The maximum absolute atomic E-state index is 13.3. The van der Waals surface area contributed by atoms with E-state index in [1.54, 1.807) is 36.4 Å². The van der Waals surface area contributed by atoms with Gasteiger partial charge in [-0.2, -0.15) is 0 Å². The monoisotopic (exact) mass is 627 g/mol. The van der Waals surface area contributed by atoms with Gasteiger partial charge in [-0.25, -0.2) is 14.4 Å². The Morgan fingerprint density at radius 2 is 1.31 bits per heavy atom. The predicted octanol–water partition coefficient (Wildman–Crippen LogP) is 3.72. The number of nitrogens with one attached hydrogen (secondary N) is 5. The molecule has 0 saturated heterocycles. The van der Waals surface area contributed by atoms with E-state index in [9.17, 15) is 39.3 Å². The van der Waals surface area contributed by atoms with E-state index in [1.165, 1.54) is 12.1 Å². The van der Waals surface area contributed by atoms with Crippen molar-refractivity contribution in [3.8, 4) is 5.75 Å². The summed E-state index contributed by atoms with van der Waals surface area (Å²) in [6, 6.07) is 9.75. The Kier molecular flexibility index (Phi) is 13.8. The van der Waals surface area contributed by atoms with Crippen LogP contribution in [0.25, 0.3) is 0 Å². The summed E-state index contributed by atoms with van der Waals surface area (Å²) in [6.45, 7) is 9.44. The molecular weight excluding hydrogens is 582 g/mol. The van der Waals surface area contributed by atoms with Crippen LogP contribution in [0.5, 0.6) is 5.75 Å². The fourth-order valence-corrected chi connectivity index (χ4v) is 4.45. The molecule has 0 heterocycles. The van der Waals surface area contributed by atoms with Crippen molar-refractivity contribution in [3.05, 3.63) is 54.1 Å². The second kappa shape index (κ2) is 17.0. The lowest BCUT2D eigenvalue weighted by Gasteiger charge is -2.23. The van der Waals surface area contributed by atoms with Crippen molar-refractivity contribution in [1.82, 2.24) is 16.0 Å². The van der Waals surface area contributed by atoms with Crippen LogP contribution in [0.2, 0.25) is 0 Å². The lowest BCUT2D eigenvalue weighted by Crippen LogP contribution is -2.49. The van der Waals surface area contributed by atoms with Crippen LogP contribution in [0.1, 0.15) is 65.4 Å². The molecule has 0 saturated carbocycles. The number of carbonyl (C=O) groups is 5. The van der Waals surface area contributed by atoms with Gasteiger partial charge in [0.2, 0.25) is 11.8 Å². The van der Waals surface area contributed by atoms with Gasteiger partial charge in [0, 0.05) is 24.3 Å². The van der Waals surface area contributed by atoms with Crippen LogP contribution in [0.3, 0.4) is 0 Å². The summed E-state index contributed by atoms with van der Waals surface area (Å²) in [5.41, 5.74) is 1.29. The molecule has 3 atom stereocenters. The normalized spacial score (nSPS) is 13.3. The van der Waals surface area contributed by atoms with E-state index in [0.29, 0.717) is 23.4 Å². The van der Waals surface area contributed by atoms with Crippen molar-refractivity contribution in [1.29, 1.82) is 0 Å². The molecule has 2 rings (SSSR count). The molecule has 0 spiro atoms. The van der Waals surface area contributed by atoms with Gasteiger partial charge in [0.25, 0.3) is 0 Å². The fourth-order valence-electron chi connectivity index (χ4n) is 4.45. The van der Waals surface area contributed by atoms with E-state index in [4.69, 9.17) is 0 Å². The van der Waals surface area contributed by atoms with Gasteiger partial charge in [-0.3, -0.25) is 9.59 Å². The number of hydrogen-bond acceptors (Lipinski definition) is 7. The molecule has 8 N–H and O–H groups in total. The summed E-state index contributed by atoms with van der Waals surface area (Å²) in [5.74, 6) is -3.80. The quantitative estimate of drug-likeness (QED) is 0.101. The molecule has 0 bridgehead atoms. The van der Waals surface area contributed by atoms with Gasteiger partial charge < -0.3 is 41.9 Å². The fraction of sp³-hybridized carbons (Fsp3) is 0.469. The van der Waals surface area contributed by atoms with E-state index in [1.807, 2.05) is 34.6 Å². The minimum absolute atomic E-state index is 0.0171. The van der Waals surface area contributed by atoms with Crippen molar-refractivity contribution in [2.75, 3.05) is 23.7 Å². The molecule has 13 heteroatoms. The molecule has 0 aromatic heterocycles. The SMILES string of the molecule is CC(C)CC(C(=O)NC(CCNCC(NC(=O)CC(C)(C)C)C(=O)O)C(=O)O)c1ccc(NC(=O)Nc2ccc(O)cc2)cc1. The molecule has 3 unspecified atom stereocenters. The number of carboxylic acid groups (broad SMARTS) is 2. The molecule has 0 aliphatic heterocycles. The third kappa shape index (κ3) is 13.7. The van der Waals surface area contributed by atoms with E-state index >= 15 is 0 Å². The molecular formula is C32H45N5O8. The first-order valence-corrected chi connectivity index (χ1v) is 14.8. The van der Waals surface area contributed by atoms with Crippen LogP contribution in [0.15, 0.2) is 48.5 Å². The lowest BCUT2D eigenvalue weighted by atomic mass is 9.89. The Morgan fingerprint density at radius 1 is 0.778 bits per heavy atom. The zero-order valence-electron chi connectivity index (χ0n) is 26.3. The largest absolute Gasteiger partial charge is 0.508 e. The molecule has 45 heavy (non-hydrogen) atoms. The summed E-state index contributed by atoms with van der Waals surface area (Å²) < 4.78 is 0. The highest BCUT2D eigenvalue weighted by atomic mass is 16.4. The molecule has 13 nitrogen and oxygen atoms in total. The Hall–Kier alpha value is -4.65. The number of carbonyl (C=O) groups excluding carboxylic acids is 3. The first kappa shape index (κ1) is 36.5. The Bertz CT molecular complexity index is 1310. The maximum atomic E-state index is 13.3. The van der Waals surface area contributed by atoms with E-state index in [0.717, 1.165) is 0 Å². The van der Waals surface area contributed by atoms with Crippen molar-refractivity contribution in [2.24, 2.45) is 11.3 Å². The number of phenolic OH excluding ortho intramolecular Hbond substituents is 1. The minimum Gasteiger partial charge on any atom is -0.508 e. The van der Waals surface area contributed by atoms with Crippen molar-refractivity contribution in [3.63, 3.8) is 0 Å². The first-order valence-electron chi connectivity index (χ1n) is 14.8. The van der Waals surface area contributed by atoms with Crippen LogP contribution in [0.4, 0.5) is 16.2 Å². The van der Waals surface area contributed by atoms with Gasteiger partial charge in [-0.15, -0.1) is 0 Å². The number of urea groups is 1. The van der Waals surface area contributed by atoms with E-state index in [2.05, 4.69) is 26.6 Å². The second-order valence-corrected chi connectivity index (χ2v) is 12.5. The standard InChI is InChI=1S/C32H45N5O8/c1-19(2)16-24(20-6-8-21(9-7-20)34-31(45)35-22-10-12-23(38)13-11-22)28(40)37-25(29(41)42)14-15-33-18-26(30(43)44)36-27(39)17-32(3,4)5/h6-13,19,24-26,33,38H,14-18H2,1-5H3,(H,36,39)(H,37,40)(H,41,42)(H,43,44)(H2,34,35,45). The topological polar surface area (TPSA) is 206 Å². The van der Waals surface area contributed by atoms with Gasteiger partial charge in [0.05, 0.1) is 5.92 Å². The highest BCUT2D eigenvalue weighted by Gasteiger charge is 2.28. The number of hydrogen-bond donors (Lipinski definition) is 8. The molecule has 2 aromatic carbocycles. The van der Waals surface area contributed by atoms with Crippen LogP contribution < -0.4 is 26.6 Å². The number of carboxylic acids is 2. The number of phenols is 1. The molecule has 2 aromatic rings. The number of aromatic hydroxyl groups is 1. The number of aliphatic carboxylic acids is 2. The highest BCUT2D eigenvalue weighted by Crippen LogP contribution is 2.26. The molecule has 0 aliphatic carbocycles. The van der Waals surface area contributed by atoms with Crippen LogP contribution in [-0.2, 0) is 19.2 Å². The Balaban J connectivity index is 1.98. The first-order chi connectivity index (χ1) is 21.0. The van der Waals surface area contributed by atoms with Crippen molar-refractivity contribution in [2.45, 2.75) is 71.9 Å². The molecule has 0 aliphatic rings. The number of rotatable bonds is 16. The van der Waals surface area contributed by atoms with Crippen LogP contribution in [-0.4, -0.2) is 70.3 Å². The van der Waals surface area contributed by atoms with Crippen LogP contribution in [0, 0.1) is 11.3 Å². The Morgan fingerprint density at radius 3 is 1.80 bits per heavy atom. The summed E-state index contributed by atoms with van der Waals surface area (Å²) in [4.78, 5) is 61.4. The summed E-state index contributed by atoms with van der Waals surface area (Å²) >= 11 is 0. The lowest BCUT2D eigenvalue weighted by molar-refractivity contribution is -0.142. The van der Waals surface area contributed by atoms with Gasteiger partial charge in [0.15, 0.2) is 0 Å². The summed E-state index contributed by atoms with van der Waals surface area (Å²) in [6.07, 6.45) is 0.576. The van der Waals surface area contributed by atoms with Gasteiger partial charge >= 0.3 is 18.0 Å². The zero-order chi connectivity index (χ0) is 33.7. The number of anilines is 2. The zero-order valence-corrected chi connectivity index (χ0v) is 26.3. The summed E-state index contributed by atoms with van der Waals surface area (Å²) in [5, 5.41) is 41.9. The molecule has 4 amide bonds. The van der Waals surface area contributed by atoms with Crippen molar-refractivity contribution < 1.29 is 39.3 Å². The van der Waals surface area contributed by atoms with E-state index in [-0.39, 0.29) is 43.0 Å². The summed E-state index contributed by atoms with van der Waals surface area (Å²) in [7, 11) is 0. The van der Waals surface area contributed by atoms with Crippen LogP contribution >= 0.6 is 0 Å². The van der Waals surface area contributed by atoms with Gasteiger partial charge in [-0.05, 0) is 72.7 Å². The number of benzene rings is 2. The molecule has 0 radical (unpaired) electrons. The number of amides is 4. The van der Waals surface area contributed by atoms with Gasteiger partial charge in [-0.1, -0.05) is 46.8 Å². The van der Waals surface area contributed by atoms with E-state index < -0.39 is 47.8 Å². The highest BCUT2D eigenvalue weighted by molar-refractivity contribution is 5.99. The third-order valence-electron chi connectivity index (χ3n) is 6.62. The smallest absolute Gasteiger partial charge is 0.327 e. The average Bonchev–Trinajstić information content (AvgIpc) is 2.93. The third-order valence-corrected chi connectivity index (χ3v) is 6.62. The van der Waals surface area contributed by atoms with Crippen molar-refractivity contribution >= 4 is 41.2 Å². The molecule has 246 valence electrons. The predicted molar refractivity (Wildman–Crippen MR) is 170 cm³/mol. The van der Waals surface area contributed by atoms with Gasteiger partial charge in [0.1, 0.15) is 17.8 Å². The second-order valence-electron chi connectivity index (χ2n) is 12.5. The Labute approximate surface area is 263 Å². The average molecular weight is 628 g/mol.